The van der Waals surface area contributed by atoms with Crippen molar-refractivity contribution in [1.82, 2.24) is 5.32 Å². The molecule has 0 fully saturated rings. The van der Waals surface area contributed by atoms with Gasteiger partial charge in [-0.1, -0.05) is 22.9 Å². The van der Waals surface area contributed by atoms with Gasteiger partial charge in [0.2, 0.25) is 0 Å². The first-order chi connectivity index (χ1) is 9.16. The molecule has 2 N–H and O–H groups in total. The van der Waals surface area contributed by atoms with Gasteiger partial charge in [0.1, 0.15) is 0 Å². The van der Waals surface area contributed by atoms with E-state index in [1.54, 1.807) is 13.8 Å². The molecule has 0 bridgehead atoms. The van der Waals surface area contributed by atoms with Gasteiger partial charge in [-0.3, -0.25) is 4.79 Å². The fourth-order valence-corrected chi connectivity index (χ4v) is 1.89. The maximum absolute atomic E-state index is 12.9. The molecule has 0 heterocycles. The average Bonchev–Trinajstić information content (AvgIpc) is 2.36. The number of carbonyl (C=O) groups is 1. The zero-order valence-corrected chi connectivity index (χ0v) is 12.5. The maximum Gasteiger partial charge on any atom is 0.417 e. The van der Waals surface area contributed by atoms with E-state index in [0.717, 1.165) is 12.1 Å². The quantitative estimate of drug-likeness (QED) is 0.873. The van der Waals surface area contributed by atoms with Crippen molar-refractivity contribution in [2.75, 3.05) is 6.61 Å². The molecule has 0 spiro atoms. The zero-order valence-electron chi connectivity index (χ0n) is 11.0. The number of alkyl halides is 3. The molecular weight excluding hydrogens is 339 g/mol. The molecule has 7 heteroatoms. The summed E-state index contributed by atoms with van der Waals surface area (Å²) >= 11 is 2.96. The minimum absolute atomic E-state index is 0.159. The smallest absolute Gasteiger partial charge is 0.396 e. The molecule has 1 aromatic rings. The molecule has 2 atom stereocenters. The largest absolute Gasteiger partial charge is 0.417 e. The first-order valence-corrected chi connectivity index (χ1v) is 6.74. The van der Waals surface area contributed by atoms with Crippen molar-refractivity contribution in [2.45, 2.75) is 26.1 Å². The van der Waals surface area contributed by atoms with E-state index in [9.17, 15) is 18.0 Å². The van der Waals surface area contributed by atoms with E-state index < -0.39 is 29.3 Å². The third-order valence-corrected chi connectivity index (χ3v) is 3.53. The van der Waals surface area contributed by atoms with E-state index >= 15 is 0 Å². The van der Waals surface area contributed by atoms with Gasteiger partial charge >= 0.3 is 6.18 Å². The Bertz CT molecular complexity index is 491. The summed E-state index contributed by atoms with van der Waals surface area (Å²) in [6, 6.07) is 2.94. The molecular formula is C13H15BrF3NO2. The molecule has 0 saturated carbocycles. The third-order valence-electron chi connectivity index (χ3n) is 3.03. The summed E-state index contributed by atoms with van der Waals surface area (Å²) in [4.78, 5) is 11.9. The van der Waals surface area contributed by atoms with Crippen LogP contribution in [0.5, 0.6) is 0 Å². The summed E-state index contributed by atoms with van der Waals surface area (Å²) < 4.78 is 39.0. The van der Waals surface area contributed by atoms with Crippen molar-refractivity contribution < 1.29 is 23.1 Å². The topological polar surface area (TPSA) is 49.3 Å². The van der Waals surface area contributed by atoms with Crippen molar-refractivity contribution >= 4 is 21.8 Å². The van der Waals surface area contributed by atoms with Gasteiger partial charge < -0.3 is 10.4 Å². The number of nitrogens with one attached hydrogen (secondary N) is 1. The van der Waals surface area contributed by atoms with Crippen LogP contribution in [0.15, 0.2) is 22.7 Å². The first kappa shape index (κ1) is 17.0. The second-order valence-electron chi connectivity index (χ2n) is 4.61. The van der Waals surface area contributed by atoms with E-state index in [-0.39, 0.29) is 17.0 Å². The van der Waals surface area contributed by atoms with Gasteiger partial charge in [0, 0.05) is 17.1 Å². The minimum Gasteiger partial charge on any atom is -0.396 e. The van der Waals surface area contributed by atoms with Crippen LogP contribution in [0, 0.1) is 5.92 Å². The van der Waals surface area contributed by atoms with E-state index in [1.165, 1.54) is 6.07 Å². The average molecular weight is 354 g/mol. The monoisotopic (exact) mass is 353 g/mol. The van der Waals surface area contributed by atoms with Crippen LogP contribution < -0.4 is 5.32 Å². The standard InChI is InChI=1S/C13H15BrF3NO2/c1-7(6-19)8(2)18-12(20)10-4-3-9(14)5-11(10)13(15,16)17/h3-5,7-8,19H,6H2,1-2H3,(H,18,20). The van der Waals surface area contributed by atoms with Crippen molar-refractivity contribution in [1.29, 1.82) is 0 Å². The number of hydrogen-bond donors (Lipinski definition) is 2. The van der Waals surface area contributed by atoms with Gasteiger partial charge in [-0.05, 0) is 31.0 Å². The van der Waals surface area contributed by atoms with Gasteiger partial charge in [-0.2, -0.15) is 13.2 Å². The van der Waals surface area contributed by atoms with Crippen LogP contribution in [0.25, 0.3) is 0 Å². The van der Waals surface area contributed by atoms with Crippen molar-refractivity contribution in [3.8, 4) is 0 Å². The van der Waals surface area contributed by atoms with E-state index in [2.05, 4.69) is 21.2 Å². The third kappa shape index (κ3) is 4.21. The van der Waals surface area contributed by atoms with Crippen LogP contribution in [-0.4, -0.2) is 23.7 Å². The maximum atomic E-state index is 12.9. The van der Waals surface area contributed by atoms with Crippen LogP contribution >= 0.6 is 15.9 Å². The number of halogens is 4. The fraction of sp³-hybridized carbons (Fsp3) is 0.462. The van der Waals surface area contributed by atoms with Gasteiger partial charge in [0.05, 0.1) is 11.1 Å². The number of amides is 1. The predicted molar refractivity (Wildman–Crippen MR) is 72.3 cm³/mol. The Balaban J connectivity index is 3.05. The van der Waals surface area contributed by atoms with Crippen LogP contribution in [0.4, 0.5) is 13.2 Å². The Morgan fingerprint density at radius 1 is 1.40 bits per heavy atom. The van der Waals surface area contributed by atoms with E-state index in [4.69, 9.17) is 5.11 Å². The Morgan fingerprint density at radius 3 is 2.50 bits per heavy atom. The van der Waals surface area contributed by atoms with Gasteiger partial charge in [0.25, 0.3) is 5.91 Å². The summed E-state index contributed by atoms with van der Waals surface area (Å²) in [5.41, 5.74) is -1.43. The molecule has 2 unspecified atom stereocenters. The molecule has 1 rings (SSSR count). The summed E-state index contributed by atoms with van der Waals surface area (Å²) in [7, 11) is 0. The number of benzene rings is 1. The molecule has 1 aromatic carbocycles. The van der Waals surface area contributed by atoms with E-state index in [1.807, 2.05) is 0 Å². The highest BCUT2D eigenvalue weighted by atomic mass is 79.9. The second kappa shape index (κ2) is 6.58. The van der Waals surface area contributed by atoms with Crippen LogP contribution in [0.3, 0.4) is 0 Å². The lowest BCUT2D eigenvalue weighted by Crippen LogP contribution is -2.39. The molecule has 112 valence electrons. The van der Waals surface area contributed by atoms with Crippen molar-refractivity contribution in [3.05, 3.63) is 33.8 Å². The molecule has 0 radical (unpaired) electrons. The highest BCUT2D eigenvalue weighted by molar-refractivity contribution is 9.10. The molecule has 0 saturated heterocycles. The number of carbonyl (C=O) groups excluding carboxylic acids is 1. The molecule has 0 aliphatic heterocycles. The zero-order chi connectivity index (χ0) is 15.5. The lowest BCUT2D eigenvalue weighted by atomic mass is 10.0. The van der Waals surface area contributed by atoms with Gasteiger partial charge in [-0.25, -0.2) is 0 Å². The second-order valence-corrected chi connectivity index (χ2v) is 5.53. The van der Waals surface area contributed by atoms with E-state index in [0.29, 0.717) is 0 Å². The number of rotatable bonds is 4. The molecule has 0 aliphatic carbocycles. The fourth-order valence-electron chi connectivity index (χ4n) is 1.53. The lowest BCUT2D eigenvalue weighted by molar-refractivity contribution is -0.138. The Hall–Kier alpha value is -1.08. The summed E-state index contributed by atoms with van der Waals surface area (Å²) in [5, 5.41) is 11.4. The predicted octanol–water partition coefficient (Wildman–Crippen LogP) is 3.21. The molecule has 3 nitrogen and oxygen atoms in total. The normalized spacial score (nSPS) is 14.8. The van der Waals surface area contributed by atoms with Crippen LogP contribution in [-0.2, 0) is 6.18 Å². The number of aliphatic hydroxyl groups excluding tert-OH is 1. The molecule has 20 heavy (non-hydrogen) atoms. The first-order valence-electron chi connectivity index (χ1n) is 5.95. The number of hydrogen-bond acceptors (Lipinski definition) is 2. The minimum atomic E-state index is -4.61. The number of aliphatic hydroxyl groups is 1. The Kier molecular flexibility index (Phi) is 5.59. The molecule has 0 aliphatic rings. The van der Waals surface area contributed by atoms with Crippen molar-refractivity contribution in [2.24, 2.45) is 5.92 Å². The Labute approximate surface area is 123 Å². The lowest BCUT2D eigenvalue weighted by Gasteiger charge is -2.20. The van der Waals surface area contributed by atoms with Crippen LogP contribution in [0.2, 0.25) is 0 Å². The summed E-state index contributed by atoms with van der Waals surface area (Å²) in [5.74, 6) is -1.05. The SMILES string of the molecule is CC(CO)C(C)NC(=O)c1ccc(Br)cc1C(F)(F)F. The summed E-state index contributed by atoms with van der Waals surface area (Å²) in [6.07, 6.45) is -4.61. The summed E-state index contributed by atoms with van der Waals surface area (Å²) in [6.45, 7) is 3.16. The molecule has 0 aromatic heterocycles. The highest BCUT2D eigenvalue weighted by Gasteiger charge is 2.35. The van der Waals surface area contributed by atoms with Crippen LogP contribution in [0.1, 0.15) is 29.8 Å². The van der Waals surface area contributed by atoms with Gasteiger partial charge in [-0.15, -0.1) is 0 Å². The Morgan fingerprint density at radius 2 is 2.00 bits per heavy atom. The van der Waals surface area contributed by atoms with Crippen molar-refractivity contribution in [3.63, 3.8) is 0 Å². The van der Waals surface area contributed by atoms with Gasteiger partial charge in [0.15, 0.2) is 0 Å². The highest BCUT2D eigenvalue weighted by Crippen LogP contribution is 2.33. The molecule has 1 amide bonds.